The van der Waals surface area contributed by atoms with Crippen LogP contribution in [0.5, 0.6) is 0 Å². The van der Waals surface area contributed by atoms with Gasteiger partial charge in [0.25, 0.3) is 0 Å². The van der Waals surface area contributed by atoms with Crippen molar-refractivity contribution in [2.45, 2.75) is 49.5 Å². The first-order valence-electron chi connectivity index (χ1n) is 9.87. The molecule has 0 bridgehead atoms. The first-order chi connectivity index (χ1) is 14.2. The molecule has 1 aliphatic rings. The number of carbonyl (C=O) groups excluding carboxylic acids is 2. The molecule has 0 aromatic heterocycles. The summed E-state index contributed by atoms with van der Waals surface area (Å²) in [5, 5.41) is 13.8. The van der Waals surface area contributed by atoms with E-state index in [0.29, 0.717) is 37.8 Å². The minimum atomic E-state index is -3.50. The molecule has 166 valence electrons. The van der Waals surface area contributed by atoms with Gasteiger partial charge in [-0.05, 0) is 37.0 Å². The van der Waals surface area contributed by atoms with Crippen molar-refractivity contribution < 1.29 is 23.8 Å². The molecule has 2 rings (SSSR count). The Hall–Kier alpha value is -2.67. The van der Waals surface area contributed by atoms with Crippen LogP contribution in [0.4, 0.5) is 9.18 Å². The van der Waals surface area contributed by atoms with E-state index in [0.717, 1.165) is 12.3 Å². The highest BCUT2D eigenvalue weighted by atomic mass is 32.2. The number of benzene rings is 1. The van der Waals surface area contributed by atoms with E-state index in [9.17, 15) is 22.4 Å². The summed E-state index contributed by atoms with van der Waals surface area (Å²) in [7, 11) is -3.50. The summed E-state index contributed by atoms with van der Waals surface area (Å²) in [4.78, 5) is 26.3. The van der Waals surface area contributed by atoms with Crippen molar-refractivity contribution >= 4 is 21.8 Å². The third-order valence-corrected chi connectivity index (χ3v) is 6.19. The molecule has 0 spiro atoms. The number of urea groups is 1. The van der Waals surface area contributed by atoms with Gasteiger partial charge < -0.3 is 15.5 Å². The van der Waals surface area contributed by atoms with E-state index in [1.807, 2.05) is 13.0 Å². The number of sulfone groups is 1. The second kappa shape index (κ2) is 10.4. The van der Waals surface area contributed by atoms with Crippen molar-refractivity contribution in [2.75, 3.05) is 25.9 Å². The van der Waals surface area contributed by atoms with Gasteiger partial charge in [-0.2, -0.15) is 5.26 Å². The molecule has 0 aliphatic carbocycles. The van der Waals surface area contributed by atoms with Gasteiger partial charge in [-0.15, -0.1) is 0 Å². The van der Waals surface area contributed by atoms with Crippen LogP contribution >= 0.6 is 0 Å². The Labute approximate surface area is 177 Å². The third kappa shape index (κ3) is 6.16. The molecule has 1 aromatic carbocycles. The summed E-state index contributed by atoms with van der Waals surface area (Å²) in [6, 6.07) is 4.52. The first-order valence-corrected chi connectivity index (χ1v) is 11.8. The summed E-state index contributed by atoms with van der Waals surface area (Å²) in [6.07, 6.45) is 3.45. The maximum absolute atomic E-state index is 14.6. The van der Waals surface area contributed by atoms with Gasteiger partial charge >= 0.3 is 6.03 Å². The predicted octanol–water partition coefficient (Wildman–Crippen LogP) is 2.17. The van der Waals surface area contributed by atoms with Gasteiger partial charge in [0.15, 0.2) is 9.84 Å². The van der Waals surface area contributed by atoms with E-state index in [2.05, 4.69) is 10.6 Å². The van der Waals surface area contributed by atoms with E-state index in [4.69, 9.17) is 5.26 Å². The largest absolute Gasteiger partial charge is 0.341 e. The van der Waals surface area contributed by atoms with E-state index < -0.39 is 33.6 Å². The Balaban J connectivity index is 0.00000480. The molecule has 30 heavy (non-hydrogen) atoms. The molecule has 1 saturated heterocycles. The number of nitrogens with one attached hydrogen (secondary N) is 2. The van der Waals surface area contributed by atoms with Crippen LogP contribution in [0.25, 0.3) is 0 Å². The Morgan fingerprint density at radius 3 is 2.77 bits per heavy atom. The average Bonchev–Trinajstić information content (AvgIpc) is 2.71. The van der Waals surface area contributed by atoms with Crippen LogP contribution in [0, 0.1) is 17.1 Å². The Morgan fingerprint density at radius 1 is 1.43 bits per heavy atom. The molecular weight excluding hydrogens is 411 g/mol. The van der Waals surface area contributed by atoms with Crippen molar-refractivity contribution in [2.24, 2.45) is 0 Å². The highest BCUT2D eigenvalue weighted by Crippen LogP contribution is 2.30. The number of nitrogens with zero attached hydrogens (tertiary/aromatic N) is 2. The zero-order valence-corrected chi connectivity index (χ0v) is 18.0. The summed E-state index contributed by atoms with van der Waals surface area (Å²) in [6.45, 7) is 2.49. The van der Waals surface area contributed by atoms with Crippen molar-refractivity contribution in [1.82, 2.24) is 15.5 Å². The Kier molecular flexibility index (Phi) is 8.17. The number of nitriles is 1. The van der Waals surface area contributed by atoms with Crippen LogP contribution in [-0.4, -0.2) is 57.2 Å². The predicted molar refractivity (Wildman–Crippen MR) is 111 cm³/mol. The highest BCUT2D eigenvalue weighted by Gasteiger charge is 2.29. The molecule has 2 N–H and O–H groups in total. The molecule has 1 fully saturated rings. The van der Waals surface area contributed by atoms with Gasteiger partial charge in [0.05, 0.1) is 11.0 Å². The highest BCUT2D eigenvalue weighted by molar-refractivity contribution is 7.90. The fourth-order valence-corrected chi connectivity index (χ4v) is 4.17. The molecule has 3 amide bonds. The topological polar surface area (TPSA) is 119 Å². The lowest BCUT2D eigenvalue weighted by molar-refractivity contribution is -0.122. The van der Waals surface area contributed by atoms with Crippen molar-refractivity contribution in [3.8, 4) is 6.07 Å². The average molecular weight is 441 g/mol. The molecule has 1 aromatic rings. The number of likely N-dealkylation sites (tertiary alicyclic amines) is 1. The van der Waals surface area contributed by atoms with Crippen molar-refractivity contribution in [3.05, 3.63) is 29.6 Å². The minimum absolute atomic E-state index is 0. The van der Waals surface area contributed by atoms with Gasteiger partial charge in [0, 0.05) is 26.7 Å². The van der Waals surface area contributed by atoms with Crippen LogP contribution in [0.1, 0.15) is 45.5 Å². The van der Waals surface area contributed by atoms with Gasteiger partial charge in [-0.3, -0.25) is 4.79 Å². The minimum Gasteiger partial charge on any atom is -0.341 e. The smallest absolute Gasteiger partial charge is 0.318 e. The Bertz CT molecular complexity index is 936. The normalized spacial score (nSPS) is 17.7. The van der Waals surface area contributed by atoms with E-state index in [1.54, 1.807) is 0 Å². The maximum Gasteiger partial charge on any atom is 0.318 e. The Morgan fingerprint density at radius 2 is 2.17 bits per heavy atom. The standard InChI is InChI=1S/C20H27FN4O4S.H2/c1-3-5-18(19(26)23-10-9-22)24-20(27)25-11-4-6-14(13-25)16-8-7-15(12-17(16)21)30(2,28)29;/h7-8,12,14,18H,3-6,10-11,13H2,1-2H3,(H,23,26)(H,24,27);1H. The quantitative estimate of drug-likeness (QED) is 0.630. The number of hydrogen-bond donors (Lipinski definition) is 2. The molecule has 0 radical (unpaired) electrons. The van der Waals surface area contributed by atoms with Crippen LogP contribution in [0.15, 0.2) is 23.1 Å². The lowest BCUT2D eigenvalue weighted by Crippen LogP contribution is -2.53. The van der Waals surface area contributed by atoms with Crippen LogP contribution in [-0.2, 0) is 14.6 Å². The summed E-state index contributed by atoms with van der Waals surface area (Å²) in [5.41, 5.74) is 0.372. The van der Waals surface area contributed by atoms with Crippen molar-refractivity contribution in [1.29, 1.82) is 5.26 Å². The van der Waals surface area contributed by atoms with Gasteiger partial charge in [0.2, 0.25) is 5.91 Å². The second-order valence-electron chi connectivity index (χ2n) is 7.41. The zero-order chi connectivity index (χ0) is 22.3. The first kappa shape index (κ1) is 23.6. The fourth-order valence-electron chi connectivity index (χ4n) is 3.53. The number of piperidine rings is 1. The molecule has 10 heteroatoms. The van der Waals surface area contributed by atoms with Gasteiger partial charge in [-0.1, -0.05) is 19.4 Å². The lowest BCUT2D eigenvalue weighted by atomic mass is 9.90. The number of halogens is 1. The SMILES string of the molecule is CCCC(NC(=O)N1CCCC(c2ccc(S(C)(=O)=O)cc2F)C1)C(=O)NCC#N.[HH]. The number of amides is 3. The molecular formula is C20H29FN4O4S. The number of hydrogen-bond acceptors (Lipinski definition) is 5. The van der Waals surface area contributed by atoms with Crippen LogP contribution in [0.2, 0.25) is 0 Å². The molecule has 1 heterocycles. The molecule has 2 unspecified atom stereocenters. The zero-order valence-electron chi connectivity index (χ0n) is 17.2. The molecule has 0 saturated carbocycles. The van der Waals surface area contributed by atoms with E-state index in [-0.39, 0.29) is 25.3 Å². The molecule has 8 nitrogen and oxygen atoms in total. The summed E-state index contributed by atoms with van der Waals surface area (Å²) in [5.74, 6) is -1.29. The van der Waals surface area contributed by atoms with Crippen LogP contribution < -0.4 is 10.6 Å². The summed E-state index contributed by atoms with van der Waals surface area (Å²) >= 11 is 0. The van der Waals surface area contributed by atoms with Crippen molar-refractivity contribution in [3.63, 3.8) is 0 Å². The second-order valence-corrected chi connectivity index (χ2v) is 9.42. The van der Waals surface area contributed by atoms with E-state index in [1.165, 1.54) is 17.0 Å². The molecule has 2 atom stereocenters. The fraction of sp³-hybridized carbons (Fsp3) is 0.550. The maximum atomic E-state index is 14.6. The summed E-state index contributed by atoms with van der Waals surface area (Å²) < 4.78 is 37.8. The van der Waals surface area contributed by atoms with E-state index >= 15 is 0 Å². The molecule has 1 aliphatic heterocycles. The third-order valence-electron chi connectivity index (χ3n) is 5.08. The lowest BCUT2D eigenvalue weighted by Gasteiger charge is -2.34. The van der Waals surface area contributed by atoms with Crippen LogP contribution in [0.3, 0.4) is 0 Å². The number of carbonyl (C=O) groups is 2. The number of rotatable bonds is 7. The van der Waals surface area contributed by atoms with Gasteiger partial charge in [-0.25, -0.2) is 17.6 Å². The monoisotopic (exact) mass is 440 g/mol. The van der Waals surface area contributed by atoms with Gasteiger partial charge in [0.1, 0.15) is 18.4 Å².